The Balaban J connectivity index is 3.11. The van der Waals surface area contributed by atoms with Gasteiger partial charge in [0, 0.05) is 31.0 Å². The lowest BCUT2D eigenvalue weighted by Crippen LogP contribution is -2.27. The van der Waals surface area contributed by atoms with Crippen LogP contribution in [-0.2, 0) is 7.05 Å². The van der Waals surface area contributed by atoms with Gasteiger partial charge in [0.05, 0.1) is 0 Å². The van der Waals surface area contributed by atoms with E-state index in [2.05, 4.69) is 50.5 Å². The number of nitrogens with zero attached hydrogens (tertiary/aromatic N) is 2. The third kappa shape index (κ3) is 1.83. The number of hydrogen-bond donors (Lipinski definition) is 1. The second-order valence-electron chi connectivity index (χ2n) is 4.10. The SMILES string of the molecule is Cc1cc(C(CN)N(C)C)c(C)n1C. The lowest BCUT2D eigenvalue weighted by molar-refractivity contribution is 0.305. The van der Waals surface area contributed by atoms with E-state index < -0.39 is 0 Å². The minimum Gasteiger partial charge on any atom is -0.352 e. The molecule has 1 aromatic rings. The van der Waals surface area contributed by atoms with Crippen LogP contribution in [0.5, 0.6) is 0 Å². The summed E-state index contributed by atoms with van der Waals surface area (Å²) in [5, 5.41) is 0. The molecule has 0 spiro atoms. The summed E-state index contributed by atoms with van der Waals surface area (Å²) in [7, 11) is 6.23. The molecule has 0 radical (unpaired) electrons. The molecule has 0 amide bonds. The third-order valence-electron chi connectivity index (χ3n) is 3.02. The molecule has 0 saturated heterocycles. The minimum absolute atomic E-state index is 0.329. The van der Waals surface area contributed by atoms with Crippen LogP contribution < -0.4 is 5.73 Å². The van der Waals surface area contributed by atoms with Crippen molar-refractivity contribution in [3.05, 3.63) is 23.0 Å². The fourth-order valence-corrected chi connectivity index (χ4v) is 1.84. The topological polar surface area (TPSA) is 34.2 Å². The van der Waals surface area contributed by atoms with E-state index in [0.717, 1.165) is 0 Å². The Morgan fingerprint density at radius 3 is 2.29 bits per heavy atom. The Bertz CT molecular complexity index is 313. The van der Waals surface area contributed by atoms with Crippen LogP contribution in [-0.4, -0.2) is 30.1 Å². The zero-order chi connectivity index (χ0) is 10.9. The smallest absolute Gasteiger partial charge is 0.0482 e. The summed E-state index contributed by atoms with van der Waals surface area (Å²) in [6.07, 6.45) is 0. The van der Waals surface area contributed by atoms with Crippen LogP contribution in [0.1, 0.15) is 23.0 Å². The maximum absolute atomic E-state index is 5.78. The first-order valence-corrected chi connectivity index (χ1v) is 4.98. The highest BCUT2D eigenvalue weighted by Gasteiger charge is 2.17. The molecule has 0 aliphatic rings. The summed E-state index contributed by atoms with van der Waals surface area (Å²) in [5.41, 5.74) is 9.73. The predicted molar refractivity (Wildman–Crippen MR) is 60.4 cm³/mol. The summed E-state index contributed by atoms with van der Waals surface area (Å²) < 4.78 is 2.21. The van der Waals surface area contributed by atoms with Crippen molar-refractivity contribution in [1.29, 1.82) is 0 Å². The Morgan fingerprint density at radius 1 is 1.43 bits per heavy atom. The van der Waals surface area contributed by atoms with Gasteiger partial charge < -0.3 is 15.2 Å². The van der Waals surface area contributed by atoms with Crippen LogP contribution in [0.25, 0.3) is 0 Å². The Labute approximate surface area is 86.5 Å². The third-order valence-corrected chi connectivity index (χ3v) is 3.02. The van der Waals surface area contributed by atoms with E-state index in [0.29, 0.717) is 12.6 Å². The van der Waals surface area contributed by atoms with Crippen molar-refractivity contribution in [1.82, 2.24) is 9.47 Å². The first-order chi connectivity index (χ1) is 6.49. The van der Waals surface area contributed by atoms with Gasteiger partial charge in [-0.3, -0.25) is 0 Å². The first kappa shape index (κ1) is 11.3. The van der Waals surface area contributed by atoms with Crippen molar-refractivity contribution in [2.24, 2.45) is 12.8 Å². The lowest BCUT2D eigenvalue weighted by Gasteiger charge is -2.22. The van der Waals surface area contributed by atoms with Gasteiger partial charge in [-0.15, -0.1) is 0 Å². The van der Waals surface area contributed by atoms with E-state index in [1.165, 1.54) is 17.0 Å². The van der Waals surface area contributed by atoms with Gasteiger partial charge in [0.15, 0.2) is 0 Å². The maximum atomic E-state index is 5.78. The van der Waals surface area contributed by atoms with Gasteiger partial charge >= 0.3 is 0 Å². The normalized spacial score (nSPS) is 13.6. The molecule has 80 valence electrons. The number of aromatic nitrogens is 1. The van der Waals surface area contributed by atoms with Gasteiger partial charge in [0.2, 0.25) is 0 Å². The number of hydrogen-bond acceptors (Lipinski definition) is 2. The van der Waals surface area contributed by atoms with Crippen molar-refractivity contribution in [3.8, 4) is 0 Å². The second-order valence-corrected chi connectivity index (χ2v) is 4.10. The van der Waals surface area contributed by atoms with Gasteiger partial charge in [0.1, 0.15) is 0 Å². The zero-order valence-electron chi connectivity index (χ0n) is 9.83. The number of rotatable bonds is 3. The van der Waals surface area contributed by atoms with E-state index >= 15 is 0 Å². The van der Waals surface area contributed by atoms with Gasteiger partial charge in [-0.05, 0) is 39.6 Å². The molecule has 0 aliphatic heterocycles. The molecule has 3 nitrogen and oxygen atoms in total. The van der Waals surface area contributed by atoms with E-state index in [4.69, 9.17) is 5.73 Å². The van der Waals surface area contributed by atoms with Crippen molar-refractivity contribution < 1.29 is 0 Å². The van der Waals surface area contributed by atoms with E-state index in [1.54, 1.807) is 0 Å². The molecule has 3 heteroatoms. The van der Waals surface area contributed by atoms with E-state index in [9.17, 15) is 0 Å². The number of likely N-dealkylation sites (N-methyl/N-ethyl adjacent to an activating group) is 1. The summed E-state index contributed by atoms with van der Waals surface area (Å²) >= 11 is 0. The van der Waals surface area contributed by atoms with Crippen molar-refractivity contribution >= 4 is 0 Å². The maximum Gasteiger partial charge on any atom is 0.0482 e. The predicted octanol–water partition coefficient (Wildman–Crippen LogP) is 1.20. The van der Waals surface area contributed by atoms with Gasteiger partial charge in [-0.2, -0.15) is 0 Å². The molecule has 0 saturated carbocycles. The molecule has 0 fully saturated rings. The molecule has 2 N–H and O–H groups in total. The van der Waals surface area contributed by atoms with Crippen molar-refractivity contribution in [3.63, 3.8) is 0 Å². The van der Waals surface area contributed by atoms with Crippen molar-refractivity contribution in [2.45, 2.75) is 19.9 Å². The van der Waals surface area contributed by atoms with Gasteiger partial charge in [0.25, 0.3) is 0 Å². The molecular weight excluding hydrogens is 174 g/mol. The molecule has 0 bridgehead atoms. The molecular formula is C11H21N3. The molecule has 0 aromatic carbocycles. The van der Waals surface area contributed by atoms with Crippen molar-refractivity contribution in [2.75, 3.05) is 20.6 Å². The summed E-state index contributed by atoms with van der Waals surface area (Å²) in [4.78, 5) is 2.17. The first-order valence-electron chi connectivity index (χ1n) is 4.98. The Kier molecular flexibility index (Phi) is 3.34. The fourth-order valence-electron chi connectivity index (χ4n) is 1.84. The van der Waals surface area contributed by atoms with Crippen LogP contribution in [0.4, 0.5) is 0 Å². The van der Waals surface area contributed by atoms with E-state index in [1.807, 2.05) is 0 Å². The number of aryl methyl sites for hydroxylation is 1. The lowest BCUT2D eigenvalue weighted by atomic mass is 10.1. The molecule has 14 heavy (non-hydrogen) atoms. The molecule has 1 heterocycles. The standard InChI is InChI=1S/C11H21N3/c1-8-6-10(9(2)14(8)5)11(7-12)13(3)4/h6,11H,7,12H2,1-5H3. The van der Waals surface area contributed by atoms with E-state index in [-0.39, 0.29) is 0 Å². The molecule has 1 rings (SSSR count). The van der Waals surface area contributed by atoms with Gasteiger partial charge in [-0.1, -0.05) is 0 Å². The van der Waals surface area contributed by atoms with Crippen LogP contribution in [0.3, 0.4) is 0 Å². The highest BCUT2D eigenvalue weighted by Crippen LogP contribution is 2.23. The summed E-state index contributed by atoms with van der Waals surface area (Å²) in [6, 6.07) is 2.56. The van der Waals surface area contributed by atoms with Crippen LogP contribution in [0.2, 0.25) is 0 Å². The highest BCUT2D eigenvalue weighted by atomic mass is 15.1. The average Bonchev–Trinajstić information content (AvgIpc) is 2.35. The quantitative estimate of drug-likeness (QED) is 0.786. The average molecular weight is 195 g/mol. The minimum atomic E-state index is 0.329. The molecule has 1 unspecified atom stereocenters. The summed E-state index contributed by atoms with van der Waals surface area (Å²) in [5.74, 6) is 0. The fraction of sp³-hybridized carbons (Fsp3) is 0.636. The molecule has 0 aliphatic carbocycles. The highest BCUT2D eigenvalue weighted by molar-refractivity contribution is 5.29. The molecule has 1 atom stereocenters. The van der Waals surface area contributed by atoms with Gasteiger partial charge in [-0.25, -0.2) is 0 Å². The Morgan fingerprint density at radius 2 is 2.00 bits per heavy atom. The molecule has 1 aromatic heterocycles. The van der Waals surface area contributed by atoms with Crippen LogP contribution in [0.15, 0.2) is 6.07 Å². The van der Waals surface area contributed by atoms with Crippen LogP contribution >= 0.6 is 0 Å². The van der Waals surface area contributed by atoms with Crippen LogP contribution in [0, 0.1) is 13.8 Å². The second kappa shape index (κ2) is 4.15. The zero-order valence-corrected chi connectivity index (χ0v) is 9.83. The monoisotopic (exact) mass is 195 g/mol. The summed E-state index contributed by atoms with van der Waals surface area (Å²) in [6.45, 7) is 4.94. The number of nitrogens with two attached hydrogens (primary N) is 1. The Hall–Kier alpha value is -0.800. The largest absolute Gasteiger partial charge is 0.352 e.